The molecular weight excluding hydrogens is 437 g/mol. The Balaban J connectivity index is 1.45. The van der Waals surface area contributed by atoms with Crippen molar-refractivity contribution in [3.05, 3.63) is 93.5 Å². The number of halogens is 2. The number of carboxylic acids is 1. The van der Waals surface area contributed by atoms with E-state index in [0.29, 0.717) is 10.6 Å². The van der Waals surface area contributed by atoms with Gasteiger partial charge in [-0.2, -0.15) is 0 Å². The maximum absolute atomic E-state index is 12.4. The molecule has 1 aliphatic carbocycles. The number of ether oxygens (including phenoxy) is 1. The fraction of sp³-hybridized carbons (Fsp3) is 0.167. The molecule has 7 heteroatoms. The van der Waals surface area contributed by atoms with E-state index in [0.717, 1.165) is 22.3 Å². The van der Waals surface area contributed by atoms with Crippen LogP contribution in [0.2, 0.25) is 10.0 Å². The van der Waals surface area contributed by atoms with E-state index in [2.05, 4.69) is 5.32 Å². The van der Waals surface area contributed by atoms with Crippen molar-refractivity contribution in [2.75, 3.05) is 6.61 Å². The number of rotatable bonds is 6. The first-order valence-corrected chi connectivity index (χ1v) is 10.5. The van der Waals surface area contributed by atoms with Crippen LogP contribution >= 0.6 is 23.2 Å². The maximum Gasteiger partial charge on any atom is 0.407 e. The molecule has 0 heterocycles. The molecule has 3 aromatic carbocycles. The molecule has 1 amide bonds. The predicted molar refractivity (Wildman–Crippen MR) is 120 cm³/mol. The Morgan fingerprint density at radius 1 is 0.935 bits per heavy atom. The van der Waals surface area contributed by atoms with Crippen LogP contribution in [0.1, 0.15) is 22.6 Å². The highest BCUT2D eigenvalue weighted by Gasteiger charge is 2.30. The Morgan fingerprint density at radius 2 is 1.55 bits per heavy atom. The summed E-state index contributed by atoms with van der Waals surface area (Å²) in [4.78, 5) is 24.1. The van der Waals surface area contributed by atoms with Gasteiger partial charge in [0, 0.05) is 12.3 Å². The van der Waals surface area contributed by atoms with Crippen LogP contribution in [-0.4, -0.2) is 29.8 Å². The van der Waals surface area contributed by atoms with Crippen molar-refractivity contribution in [2.45, 2.75) is 18.4 Å². The average molecular weight is 456 g/mol. The van der Waals surface area contributed by atoms with Crippen molar-refractivity contribution < 1.29 is 19.4 Å². The Hall–Kier alpha value is -3.02. The lowest BCUT2D eigenvalue weighted by atomic mass is 9.98. The summed E-state index contributed by atoms with van der Waals surface area (Å²) in [5, 5.41) is 12.6. The molecule has 1 aliphatic rings. The highest BCUT2D eigenvalue weighted by molar-refractivity contribution is 6.42. The Kier molecular flexibility index (Phi) is 6.16. The van der Waals surface area contributed by atoms with Gasteiger partial charge in [-0.3, -0.25) is 0 Å². The second kappa shape index (κ2) is 9.00. The number of aliphatic carboxylic acids is 1. The van der Waals surface area contributed by atoms with Gasteiger partial charge in [-0.15, -0.1) is 0 Å². The number of alkyl carbamates (subject to hydrolysis) is 1. The quantitative estimate of drug-likeness (QED) is 0.512. The lowest BCUT2D eigenvalue weighted by Crippen LogP contribution is -2.43. The van der Waals surface area contributed by atoms with Gasteiger partial charge in [-0.25, -0.2) is 9.59 Å². The number of fused-ring (bicyclic) bond motifs is 3. The minimum Gasteiger partial charge on any atom is -0.480 e. The van der Waals surface area contributed by atoms with Crippen molar-refractivity contribution in [3.8, 4) is 11.1 Å². The summed E-state index contributed by atoms with van der Waals surface area (Å²) >= 11 is 12.1. The molecule has 4 rings (SSSR count). The fourth-order valence-corrected chi connectivity index (χ4v) is 4.31. The Bertz CT molecular complexity index is 1100. The van der Waals surface area contributed by atoms with Crippen molar-refractivity contribution >= 4 is 35.3 Å². The third-order valence-corrected chi connectivity index (χ3v) is 6.25. The number of benzene rings is 3. The van der Waals surface area contributed by atoms with E-state index >= 15 is 0 Å². The molecule has 1 atom stereocenters. The summed E-state index contributed by atoms with van der Waals surface area (Å²) in [6, 6.07) is 19.7. The molecule has 2 N–H and O–H groups in total. The van der Waals surface area contributed by atoms with Crippen LogP contribution in [0.4, 0.5) is 4.79 Å². The van der Waals surface area contributed by atoms with Crippen LogP contribution in [0.3, 0.4) is 0 Å². The Morgan fingerprint density at radius 3 is 2.16 bits per heavy atom. The zero-order valence-electron chi connectivity index (χ0n) is 16.3. The third-order valence-electron chi connectivity index (χ3n) is 5.39. The first-order chi connectivity index (χ1) is 15.0. The number of amides is 1. The summed E-state index contributed by atoms with van der Waals surface area (Å²) in [6.07, 6.45) is -0.814. The van der Waals surface area contributed by atoms with Gasteiger partial charge in [0.05, 0.1) is 10.0 Å². The molecule has 5 nitrogen and oxygen atoms in total. The zero-order chi connectivity index (χ0) is 22.0. The molecular formula is C24H19Cl2NO4. The lowest BCUT2D eigenvalue weighted by Gasteiger charge is -2.18. The normalized spacial score (nSPS) is 13.2. The minimum absolute atomic E-state index is 0.0150. The highest BCUT2D eigenvalue weighted by Crippen LogP contribution is 2.44. The molecule has 0 aliphatic heterocycles. The maximum atomic E-state index is 12.4. The number of carbonyl (C=O) groups excluding carboxylic acids is 1. The standard InChI is InChI=1S/C24H19Cl2NO4/c25-20-11-5-6-14(22(20)26)12-21(23(28)29)27-24(30)31-13-19-17-9-3-1-7-15(17)16-8-2-4-10-18(16)19/h1-11,19,21H,12-13H2,(H,27,30)(H,28,29)/t21-/m0/s1. The summed E-state index contributed by atoms with van der Waals surface area (Å²) in [5.74, 6) is -1.30. The van der Waals surface area contributed by atoms with Crippen molar-refractivity contribution in [1.82, 2.24) is 5.32 Å². The van der Waals surface area contributed by atoms with Gasteiger partial charge >= 0.3 is 12.1 Å². The molecule has 0 spiro atoms. The smallest absolute Gasteiger partial charge is 0.407 e. The van der Waals surface area contributed by atoms with Gasteiger partial charge in [-0.1, -0.05) is 83.9 Å². The number of hydrogen-bond donors (Lipinski definition) is 2. The molecule has 0 saturated heterocycles. The first-order valence-electron chi connectivity index (χ1n) is 9.73. The molecule has 31 heavy (non-hydrogen) atoms. The van der Waals surface area contributed by atoms with Gasteiger partial charge in [0.25, 0.3) is 0 Å². The van der Waals surface area contributed by atoms with Gasteiger partial charge in [0.2, 0.25) is 0 Å². The van der Waals surface area contributed by atoms with Crippen LogP contribution in [0.5, 0.6) is 0 Å². The molecule has 0 unspecified atom stereocenters. The van der Waals surface area contributed by atoms with Gasteiger partial charge < -0.3 is 15.2 Å². The molecule has 3 aromatic rings. The number of nitrogens with one attached hydrogen (secondary N) is 1. The van der Waals surface area contributed by atoms with Crippen LogP contribution < -0.4 is 5.32 Å². The second-order valence-corrected chi connectivity index (χ2v) is 8.06. The minimum atomic E-state index is -1.20. The van der Waals surface area contributed by atoms with Crippen LogP contribution in [-0.2, 0) is 16.0 Å². The van der Waals surface area contributed by atoms with Crippen molar-refractivity contribution in [3.63, 3.8) is 0 Å². The van der Waals surface area contributed by atoms with E-state index in [-0.39, 0.29) is 24.0 Å². The zero-order valence-corrected chi connectivity index (χ0v) is 17.9. The highest BCUT2D eigenvalue weighted by atomic mass is 35.5. The van der Waals surface area contributed by atoms with E-state index in [1.54, 1.807) is 18.2 Å². The summed E-state index contributed by atoms with van der Waals surface area (Å²) in [5.41, 5.74) is 4.92. The molecule has 0 bridgehead atoms. The molecule has 0 aromatic heterocycles. The van der Waals surface area contributed by atoms with E-state index in [1.807, 2.05) is 48.5 Å². The number of hydrogen-bond acceptors (Lipinski definition) is 3. The van der Waals surface area contributed by atoms with Crippen LogP contribution in [0.25, 0.3) is 11.1 Å². The van der Waals surface area contributed by atoms with Crippen molar-refractivity contribution in [1.29, 1.82) is 0 Å². The first kappa shape index (κ1) is 21.2. The van der Waals surface area contributed by atoms with Crippen LogP contribution in [0, 0.1) is 0 Å². The third kappa shape index (κ3) is 4.38. The largest absolute Gasteiger partial charge is 0.480 e. The van der Waals surface area contributed by atoms with Gasteiger partial charge in [0.15, 0.2) is 0 Å². The number of carboxylic acid groups (broad SMARTS) is 1. The molecule has 0 saturated carbocycles. The Labute approximate surface area is 189 Å². The molecule has 0 radical (unpaired) electrons. The fourth-order valence-electron chi connectivity index (χ4n) is 3.91. The predicted octanol–water partition coefficient (Wildman–Crippen LogP) is 5.53. The van der Waals surface area contributed by atoms with E-state index in [1.165, 1.54) is 0 Å². The van der Waals surface area contributed by atoms with Crippen LogP contribution in [0.15, 0.2) is 66.7 Å². The number of carbonyl (C=O) groups is 2. The monoisotopic (exact) mass is 455 g/mol. The lowest BCUT2D eigenvalue weighted by molar-refractivity contribution is -0.139. The summed E-state index contributed by atoms with van der Waals surface area (Å²) < 4.78 is 5.44. The van der Waals surface area contributed by atoms with Crippen molar-refractivity contribution in [2.24, 2.45) is 0 Å². The molecule has 158 valence electrons. The summed E-state index contributed by atoms with van der Waals surface area (Å²) in [6.45, 7) is 0.101. The van der Waals surface area contributed by atoms with Gasteiger partial charge in [0.1, 0.15) is 12.6 Å². The summed E-state index contributed by atoms with van der Waals surface area (Å²) in [7, 11) is 0. The molecule has 0 fully saturated rings. The second-order valence-electron chi connectivity index (χ2n) is 7.28. The average Bonchev–Trinajstić information content (AvgIpc) is 3.08. The van der Waals surface area contributed by atoms with E-state index in [4.69, 9.17) is 27.9 Å². The SMILES string of the molecule is O=C(N[C@@H](Cc1cccc(Cl)c1Cl)C(=O)O)OCC1c2ccccc2-c2ccccc21. The van der Waals surface area contributed by atoms with Gasteiger partial charge in [-0.05, 0) is 33.9 Å². The topological polar surface area (TPSA) is 75.6 Å². The van der Waals surface area contributed by atoms with E-state index < -0.39 is 18.1 Å². The van der Waals surface area contributed by atoms with E-state index in [9.17, 15) is 14.7 Å².